The number of rotatable bonds is 4. The number of pyridine rings is 1. The van der Waals surface area contributed by atoms with Crippen molar-refractivity contribution in [3.8, 4) is 0 Å². The van der Waals surface area contributed by atoms with Crippen molar-refractivity contribution < 1.29 is 0 Å². The van der Waals surface area contributed by atoms with Crippen molar-refractivity contribution in [3.63, 3.8) is 0 Å². The lowest BCUT2D eigenvalue weighted by Gasteiger charge is -2.13. The normalized spacial score (nSPS) is 12.6. The highest BCUT2D eigenvalue weighted by atomic mass is 15.0. The van der Waals surface area contributed by atoms with Crippen molar-refractivity contribution in [2.24, 2.45) is 11.7 Å². The molecular weight excluding hydrogens is 210 g/mol. The average molecular weight is 229 g/mol. The summed E-state index contributed by atoms with van der Waals surface area (Å²) in [6.45, 7) is 5.76. The molecule has 0 spiro atoms. The average Bonchev–Trinajstić information content (AvgIpc) is 2.35. The van der Waals surface area contributed by atoms with Gasteiger partial charge in [-0.3, -0.25) is 0 Å². The fourth-order valence-corrected chi connectivity index (χ4v) is 1.75. The quantitative estimate of drug-likeness (QED) is 0.847. The Labute approximate surface area is 102 Å². The lowest BCUT2D eigenvalue weighted by atomic mass is 10.1. The summed E-state index contributed by atoms with van der Waals surface area (Å²) in [6, 6.07) is 10.3. The smallest absolute Gasteiger partial charge is 0.129 e. The van der Waals surface area contributed by atoms with Crippen LogP contribution in [0.25, 0.3) is 10.9 Å². The number of hydrogen-bond donors (Lipinski definition) is 2. The number of para-hydroxylation sites is 1. The van der Waals surface area contributed by atoms with Gasteiger partial charge < -0.3 is 11.1 Å². The topological polar surface area (TPSA) is 50.9 Å². The predicted molar refractivity (Wildman–Crippen MR) is 73.2 cm³/mol. The Bertz CT molecular complexity index is 508. The van der Waals surface area contributed by atoms with Crippen LogP contribution in [0, 0.1) is 12.8 Å². The summed E-state index contributed by atoms with van der Waals surface area (Å²) < 4.78 is 0. The molecule has 2 aromatic rings. The van der Waals surface area contributed by atoms with Crippen molar-refractivity contribution in [1.29, 1.82) is 0 Å². The number of nitrogens with zero attached hydrogens (tertiary/aromatic N) is 1. The number of aryl methyl sites for hydroxylation is 1. The molecule has 3 nitrogen and oxygen atoms in total. The van der Waals surface area contributed by atoms with E-state index in [1.807, 2.05) is 18.2 Å². The van der Waals surface area contributed by atoms with E-state index in [1.54, 1.807) is 0 Å². The molecule has 2 rings (SSSR count). The second kappa shape index (κ2) is 5.15. The van der Waals surface area contributed by atoms with Gasteiger partial charge in [0.15, 0.2) is 0 Å². The Morgan fingerprint density at radius 1 is 1.35 bits per heavy atom. The highest BCUT2D eigenvalue weighted by Gasteiger charge is 2.04. The van der Waals surface area contributed by atoms with E-state index in [1.165, 1.54) is 10.9 Å². The maximum absolute atomic E-state index is 5.60. The molecular formula is C14H19N3. The van der Waals surface area contributed by atoms with Crippen LogP contribution in [0.1, 0.15) is 12.5 Å². The monoisotopic (exact) mass is 229 g/mol. The molecule has 1 aromatic carbocycles. The minimum Gasteiger partial charge on any atom is -0.370 e. The highest BCUT2D eigenvalue weighted by Crippen LogP contribution is 2.19. The maximum atomic E-state index is 5.60. The summed E-state index contributed by atoms with van der Waals surface area (Å²) in [5, 5.41) is 4.55. The fraction of sp³-hybridized carbons (Fsp3) is 0.357. The molecule has 1 unspecified atom stereocenters. The first kappa shape index (κ1) is 11.9. The molecule has 3 heteroatoms. The molecule has 1 heterocycles. The molecule has 0 radical (unpaired) electrons. The number of aromatic nitrogens is 1. The van der Waals surface area contributed by atoms with Crippen molar-refractivity contribution in [1.82, 2.24) is 4.98 Å². The summed E-state index contributed by atoms with van der Waals surface area (Å²) in [5.74, 6) is 1.42. The van der Waals surface area contributed by atoms with Gasteiger partial charge in [0.2, 0.25) is 0 Å². The Hall–Kier alpha value is -1.61. The van der Waals surface area contributed by atoms with Gasteiger partial charge in [-0.05, 0) is 37.1 Å². The molecule has 0 aliphatic heterocycles. The Kier molecular flexibility index (Phi) is 3.59. The molecule has 0 saturated heterocycles. The number of anilines is 1. The SMILES string of the molecule is Cc1cc2ccccc2nc1NCC(C)CN. The largest absolute Gasteiger partial charge is 0.370 e. The standard InChI is InChI=1S/C14H19N3/c1-10(8-15)9-16-14-11(2)7-12-5-3-4-6-13(12)17-14/h3-7,10H,8-9,15H2,1-2H3,(H,16,17). The van der Waals surface area contributed by atoms with Crippen molar-refractivity contribution in [2.75, 3.05) is 18.4 Å². The predicted octanol–water partition coefficient (Wildman–Crippen LogP) is 2.55. The number of fused-ring (bicyclic) bond motifs is 1. The number of hydrogen-bond acceptors (Lipinski definition) is 3. The zero-order valence-electron chi connectivity index (χ0n) is 10.4. The second-order valence-electron chi connectivity index (χ2n) is 4.57. The van der Waals surface area contributed by atoms with Crippen molar-refractivity contribution >= 4 is 16.7 Å². The first-order valence-electron chi connectivity index (χ1n) is 6.01. The molecule has 0 aliphatic rings. The third kappa shape index (κ3) is 2.74. The molecule has 0 fully saturated rings. The van der Waals surface area contributed by atoms with Crippen LogP contribution in [-0.4, -0.2) is 18.1 Å². The molecule has 0 bridgehead atoms. The Morgan fingerprint density at radius 3 is 2.88 bits per heavy atom. The summed E-state index contributed by atoms with van der Waals surface area (Å²) in [4.78, 5) is 4.63. The van der Waals surface area contributed by atoms with E-state index in [-0.39, 0.29) is 0 Å². The zero-order valence-corrected chi connectivity index (χ0v) is 10.4. The first-order chi connectivity index (χ1) is 8.20. The lowest BCUT2D eigenvalue weighted by molar-refractivity contribution is 0.627. The number of benzene rings is 1. The van der Waals surface area contributed by atoms with Crippen LogP contribution < -0.4 is 11.1 Å². The molecule has 0 aliphatic carbocycles. The number of nitrogens with two attached hydrogens (primary N) is 1. The van der Waals surface area contributed by atoms with Gasteiger partial charge in [0.25, 0.3) is 0 Å². The minimum atomic E-state index is 0.461. The Balaban J connectivity index is 2.25. The van der Waals surface area contributed by atoms with E-state index in [4.69, 9.17) is 5.73 Å². The van der Waals surface area contributed by atoms with E-state index < -0.39 is 0 Å². The minimum absolute atomic E-state index is 0.461. The van der Waals surface area contributed by atoms with E-state index >= 15 is 0 Å². The molecule has 1 atom stereocenters. The maximum Gasteiger partial charge on any atom is 0.129 e. The van der Waals surface area contributed by atoms with Crippen molar-refractivity contribution in [2.45, 2.75) is 13.8 Å². The van der Waals surface area contributed by atoms with Gasteiger partial charge in [-0.25, -0.2) is 4.98 Å². The van der Waals surface area contributed by atoms with E-state index in [2.05, 4.69) is 36.3 Å². The van der Waals surface area contributed by atoms with Crippen LogP contribution in [0.3, 0.4) is 0 Å². The van der Waals surface area contributed by atoms with Gasteiger partial charge in [0, 0.05) is 11.9 Å². The van der Waals surface area contributed by atoms with E-state index in [0.717, 1.165) is 17.9 Å². The van der Waals surface area contributed by atoms with Crippen LogP contribution in [0.15, 0.2) is 30.3 Å². The molecule has 0 amide bonds. The van der Waals surface area contributed by atoms with Gasteiger partial charge in [-0.1, -0.05) is 25.1 Å². The van der Waals surface area contributed by atoms with Gasteiger partial charge >= 0.3 is 0 Å². The van der Waals surface area contributed by atoms with Gasteiger partial charge in [-0.15, -0.1) is 0 Å². The van der Waals surface area contributed by atoms with Crippen LogP contribution in [0.5, 0.6) is 0 Å². The summed E-state index contributed by atoms with van der Waals surface area (Å²) in [6.07, 6.45) is 0. The molecule has 0 saturated carbocycles. The summed E-state index contributed by atoms with van der Waals surface area (Å²) in [7, 11) is 0. The van der Waals surface area contributed by atoms with Crippen LogP contribution in [0.2, 0.25) is 0 Å². The van der Waals surface area contributed by atoms with Gasteiger partial charge in [0.1, 0.15) is 5.82 Å². The molecule has 17 heavy (non-hydrogen) atoms. The zero-order chi connectivity index (χ0) is 12.3. The van der Waals surface area contributed by atoms with E-state index in [9.17, 15) is 0 Å². The summed E-state index contributed by atoms with van der Waals surface area (Å²) >= 11 is 0. The number of nitrogens with one attached hydrogen (secondary N) is 1. The Morgan fingerprint density at radius 2 is 2.12 bits per heavy atom. The van der Waals surface area contributed by atoms with Crippen LogP contribution in [0.4, 0.5) is 5.82 Å². The molecule has 1 aromatic heterocycles. The van der Waals surface area contributed by atoms with Crippen molar-refractivity contribution in [3.05, 3.63) is 35.9 Å². The van der Waals surface area contributed by atoms with Gasteiger partial charge in [-0.2, -0.15) is 0 Å². The van der Waals surface area contributed by atoms with Crippen LogP contribution >= 0.6 is 0 Å². The van der Waals surface area contributed by atoms with Gasteiger partial charge in [0.05, 0.1) is 5.52 Å². The highest BCUT2D eigenvalue weighted by molar-refractivity contribution is 5.81. The third-order valence-corrected chi connectivity index (χ3v) is 2.93. The summed E-state index contributed by atoms with van der Waals surface area (Å²) in [5.41, 5.74) is 7.81. The third-order valence-electron chi connectivity index (χ3n) is 2.93. The second-order valence-corrected chi connectivity index (χ2v) is 4.57. The first-order valence-corrected chi connectivity index (χ1v) is 6.01. The molecule has 90 valence electrons. The van der Waals surface area contributed by atoms with E-state index in [0.29, 0.717) is 12.5 Å². The molecule has 3 N–H and O–H groups in total. The fourth-order valence-electron chi connectivity index (χ4n) is 1.75. The van der Waals surface area contributed by atoms with Crippen LogP contribution in [-0.2, 0) is 0 Å². The lowest BCUT2D eigenvalue weighted by Crippen LogP contribution is -2.20.